The summed E-state index contributed by atoms with van der Waals surface area (Å²) in [6.45, 7) is 6.47. The molecule has 0 radical (unpaired) electrons. The molecule has 0 aliphatic rings. The van der Waals surface area contributed by atoms with Crippen LogP contribution < -0.4 is 15.4 Å². The van der Waals surface area contributed by atoms with Crippen molar-refractivity contribution in [3.05, 3.63) is 47.7 Å². The molecule has 3 aromatic rings. The maximum absolute atomic E-state index is 11.7. The number of rotatable bonds is 4. The molecule has 0 unspecified atom stereocenters. The molecule has 1 aromatic heterocycles. The molecule has 0 aliphatic carbocycles. The fourth-order valence-electron chi connectivity index (χ4n) is 3.01. The van der Waals surface area contributed by atoms with Gasteiger partial charge in [0, 0.05) is 6.54 Å². The molecule has 0 atom stereocenters. The van der Waals surface area contributed by atoms with Crippen LogP contribution in [-0.2, 0) is 0 Å². The highest BCUT2D eigenvalue weighted by molar-refractivity contribution is 5.90. The van der Waals surface area contributed by atoms with E-state index in [0.717, 1.165) is 39.0 Å². The molecule has 0 fully saturated rings. The van der Waals surface area contributed by atoms with E-state index in [1.54, 1.807) is 13.3 Å². The van der Waals surface area contributed by atoms with Crippen molar-refractivity contribution < 1.29 is 9.53 Å². The average molecular weight is 350 g/mol. The topological polar surface area (TPSA) is 76.1 Å². The summed E-state index contributed by atoms with van der Waals surface area (Å²) in [7, 11) is 1.68. The van der Waals surface area contributed by atoms with Crippen molar-refractivity contribution in [2.75, 3.05) is 19.0 Å². The molecule has 3 rings (SSSR count). The quantitative estimate of drug-likeness (QED) is 0.744. The number of carbonyl (C=O) groups is 1. The molecule has 26 heavy (non-hydrogen) atoms. The lowest BCUT2D eigenvalue weighted by Gasteiger charge is -2.12. The first-order valence-corrected chi connectivity index (χ1v) is 8.49. The normalized spacial score (nSPS) is 10.6. The predicted molar refractivity (Wildman–Crippen MR) is 104 cm³/mol. The van der Waals surface area contributed by atoms with Crippen molar-refractivity contribution in [1.29, 1.82) is 0 Å². The Bertz CT molecular complexity index is 946. The number of aryl methyl sites for hydroxylation is 2. The minimum atomic E-state index is -0.293. The lowest BCUT2D eigenvalue weighted by molar-refractivity contribution is 0.252. The number of amides is 2. The third-order valence-corrected chi connectivity index (χ3v) is 4.12. The van der Waals surface area contributed by atoms with Crippen LogP contribution in [0.1, 0.15) is 18.1 Å². The zero-order chi connectivity index (χ0) is 18.7. The minimum absolute atomic E-state index is 0.293. The Morgan fingerprint density at radius 3 is 2.46 bits per heavy atom. The first-order chi connectivity index (χ1) is 12.5. The Labute approximate surface area is 152 Å². The summed E-state index contributed by atoms with van der Waals surface area (Å²) in [5, 5.41) is 5.36. The van der Waals surface area contributed by atoms with Gasteiger partial charge in [-0.25, -0.2) is 9.78 Å². The molecule has 134 valence electrons. The van der Waals surface area contributed by atoms with Crippen molar-refractivity contribution in [3.8, 4) is 16.9 Å². The smallest absolute Gasteiger partial charge is 0.320 e. The second kappa shape index (κ2) is 7.39. The molecule has 0 bridgehead atoms. The second-order valence-corrected chi connectivity index (χ2v) is 6.09. The summed E-state index contributed by atoms with van der Waals surface area (Å²) < 4.78 is 5.44. The summed E-state index contributed by atoms with van der Waals surface area (Å²) in [6.07, 6.45) is 1.55. The fraction of sp³-hybridized carbons (Fsp3) is 0.250. The van der Waals surface area contributed by atoms with Crippen LogP contribution in [0.3, 0.4) is 0 Å². The molecule has 0 spiro atoms. The summed E-state index contributed by atoms with van der Waals surface area (Å²) >= 11 is 0. The Morgan fingerprint density at radius 2 is 1.81 bits per heavy atom. The van der Waals surface area contributed by atoms with E-state index < -0.39 is 0 Å². The van der Waals surface area contributed by atoms with Gasteiger partial charge in [-0.2, -0.15) is 0 Å². The molecule has 2 N–H and O–H groups in total. The third kappa shape index (κ3) is 3.59. The summed E-state index contributed by atoms with van der Waals surface area (Å²) in [5.74, 6) is 1.32. The monoisotopic (exact) mass is 350 g/mol. The second-order valence-electron chi connectivity index (χ2n) is 6.09. The summed E-state index contributed by atoms with van der Waals surface area (Å²) in [4.78, 5) is 20.5. The number of carbonyl (C=O) groups excluding carboxylic acids is 1. The number of fused-ring (bicyclic) bond motifs is 1. The molecular formula is C20H22N4O2. The maximum atomic E-state index is 11.7. The van der Waals surface area contributed by atoms with E-state index in [4.69, 9.17) is 4.74 Å². The largest absolute Gasteiger partial charge is 0.496 e. The highest BCUT2D eigenvalue weighted by atomic mass is 16.5. The van der Waals surface area contributed by atoms with Gasteiger partial charge in [0.05, 0.1) is 24.3 Å². The Balaban J connectivity index is 1.99. The van der Waals surface area contributed by atoms with E-state index in [1.165, 1.54) is 0 Å². The standard InChI is InChI=1S/C20H22N4O2/c1-5-21-20(25)24-18-11-22-16-7-6-14(10-17(16)23-18)15-8-12(2)19(26-4)13(3)9-15/h6-11H,5H2,1-4H3,(H2,21,23,24,25). The molecule has 2 aromatic carbocycles. The van der Waals surface area contributed by atoms with Gasteiger partial charge >= 0.3 is 6.03 Å². The highest BCUT2D eigenvalue weighted by Crippen LogP contribution is 2.31. The molecule has 0 saturated carbocycles. The molecule has 0 saturated heterocycles. The van der Waals surface area contributed by atoms with Crippen molar-refractivity contribution in [2.24, 2.45) is 0 Å². The van der Waals surface area contributed by atoms with E-state index in [2.05, 4.69) is 32.7 Å². The van der Waals surface area contributed by atoms with Gasteiger partial charge in [-0.05, 0) is 67.3 Å². The van der Waals surface area contributed by atoms with Gasteiger partial charge in [0.15, 0.2) is 5.82 Å². The summed E-state index contributed by atoms with van der Waals surface area (Å²) in [6, 6.07) is 9.83. The number of anilines is 1. The van der Waals surface area contributed by atoms with Crippen LogP contribution in [0.15, 0.2) is 36.5 Å². The Hall–Kier alpha value is -3.15. The number of nitrogens with one attached hydrogen (secondary N) is 2. The van der Waals surface area contributed by atoms with Crippen LogP contribution in [0.25, 0.3) is 22.2 Å². The number of hydrogen-bond acceptors (Lipinski definition) is 4. The van der Waals surface area contributed by atoms with Gasteiger partial charge in [-0.15, -0.1) is 0 Å². The zero-order valence-electron chi connectivity index (χ0n) is 15.4. The van der Waals surface area contributed by atoms with Crippen molar-refractivity contribution in [1.82, 2.24) is 15.3 Å². The van der Waals surface area contributed by atoms with Crippen molar-refractivity contribution in [3.63, 3.8) is 0 Å². The molecular weight excluding hydrogens is 328 g/mol. The number of hydrogen-bond donors (Lipinski definition) is 2. The molecule has 2 amide bonds. The molecule has 6 heteroatoms. The predicted octanol–water partition coefficient (Wildman–Crippen LogP) is 4.06. The van der Waals surface area contributed by atoms with Crippen LogP contribution >= 0.6 is 0 Å². The molecule has 6 nitrogen and oxygen atoms in total. The first kappa shape index (κ1) is 17.7. The van der Waals surface area contributed by atoms with Crippen molar-refractivity contribution in [2.45, 2.75) is 20.8 Å². The van der Waals surface area contributed by atoms with Crippen LogP contribution in [-0.4, -0.2) is 29.7 Å². The number of methoxy groups -OCH3 is 1. The van der Waals surface area contributed by atoms with Crippen LogP contribution in [0, 0.1) is 13.8 Å². The van der Waals surface area contributed by atoms with Gasteiger partial charge < -0.3 is 10.1 Å². The van der Waals surface area contributed by atoms with Gasteiger partial charge in [-0.1, -0.05) is 6.07 Å². The molecule has 0 aliphatic heterocycles. The lowest BCUT2D eigenvalue weighted by Crippen LogP contribution is -2.28. The average Bonchev–Trinajstić information content (AvgIpc) is 2.61. The van der Waals surface area contributed by atoms with Gasteiger partial charge in [0.2, 0.25) is 0 Å². The van der Waals surface area contributed by atoms with E-state index in [9.17, 15) is 4.79 Å². The van der Waals surface area contributed by atoms with E-state index in [0.29, 0.717) is 12.4 Å². The van der Waals surface area contributed by atoms with Crippen LogP contribution in [0.4, 0.5) is 10.6 Å². The van der Waals surface area contributed by atoms with Gasteiger partial charge in [0.1, 0.15) is 5.75 Å². The van der Waals surface area contributed by atoms with E-state index in [-0.39, 0.29) is 6.03 Å². The fourth-order valence-corrected chi connectivity index (χ4v) is 3.01. The SMILES string of the molecule is CCNC(=O)Nc1cnc2ccc(-c3cc(C)c(OC)c(C)c3)cc2n1. The number of urea groups is 1. The van der Waals surface area contributed by atoms with E-state index >= 15 is 0 Å². The molecule has 1 heterocycles. The number of ether oxygens (including phenoxy) is 1. The highest BCUT2D eigenvalue weighted by Gasteiger charge is 2.09. The van der Waals surface area contributed by atoms with Crippen molar-refractivity contribution >= 4 is 22.9 Å². The minimum Gasteiger partial charge on any atom is -0.496 e. The Kier molecular flexibility index (Phi) is 5.02. The van der Waals surface area contributed by atoms with E-state index in [1.807, 2.05) is 39.0 Å². The number of aromatic nitrogens is 2. The summed E-state index contributed by atoms with van der Waals surface area (Å²) in [5.41, 5.74) is 5.79. The zero-order valence-corrected chi connectivity index (χ0v) is 15.4. The van der Waals surface area contributed by atoms with Gasteiger partial charge in [-0.3, -0.25) is 10.3 Å². The van der Waals surface area contributed by atoms with Gasteiger partial charge in [0.25, 0.3) is 0 Å². The number of nitrogens with zero attached hydrogens (tertiary/aromatic N) is 2. The Morgan fingerprint density at radius 1 is 1.08 bits per heavy atom. The number of benzene rings is 2. The van der Waals surface area contributed by atoms with Crippen LogP contribution in [0.5, 0.6) is 5.75 Å². The lowest BCUT2D eigenvalue weighted by atomic mass is 9.99. The van der Waals surface area contributed by atoms with Crippen LogP contribution in [0.2, 0.25) is 0 Å². The third-order valence-electron chi connectivity index (χ3n) is 4.12. The first-order valence-electron chi connectivity index (χ1n) is 8.49. The maximum Gasteiger partial charge on any atom is 0.320 e.